The van der Waals surface area contributed by atoms with Gasteiger partial charge in [-0.2, -0.15) is 0 Å². The van der Waals surface area contributed by atoms with Crippen molar-refractivity contribution >= 4 is 21.7 Å². The Labute approximate surface area is 175 Å². The van der Waals surface area contributed by atoms with E-state index >= 15 is 0 Å². The van der Waals surface area contributed by atoms with E-state index in [1.165, 1.54) is 29.6 Å². The van der Waals surface area contributed by atoms with Gasteiger partial charge in [-0.15, -0.1) is 0 Å². The quantitative estimate of drug-likeness (QED) is 0.457. The van der Waals surface area contributed by atoms with Crippen LogP contribution in [0, 0.1) is 0 Å². The summed E-state index contributed by atoms with van der Waals surface area (Å²) in [5.41, 5.74) is 1.76. The van der Waals surface area contributed by atoms with E-state index in [4.69, 9.17) is 9.47 Å². The second-order valence-electron chi connectivity index (χ2n) is 6.88. The van der Waals surface area contributed by atoms with Gasteiger partial charge in [0.25, 0.3) is 10.0 Å². The molecule has 1 heterocycles. The summed E-state index contributed by atoms with van der Waals surface area (Å²) in [6.07, 6.45) is 1.54. The van der Waals surface area contributed by atoms with Crippen LogP contribution in [-0.2, 0) is 16.4 Å². The average molecular weight is 423 g/mol. The highest BCUT2D eigenvalue weighted by Crippen LogP contribution is 2.35. The van der Waals surface area contributed by atoms with Crippen molar-refractivity contribution in [2.75, 3.05) is 18.0 Å². The van der Waals surface area contributed by atoms with E-state index in [2.05, 4.69) is 0 Å². The number of benzene rings is 3. The maximum atomic E-state index is 13.6. The van der Waals surface area contributed by atoms with E-state index in [0.717, 1.165) is 12.0 Å². The number of rotatable bonds is 5. The molecule has 0 spiro atoms. The molecule has 3 aromatic rings. The molecule has 0 saturated carbocycles. The van der Waals surface area contributed by atoms with Gasteiger partial charge >= 0.3 is 5.97 Å². The number of hydrogen-bond acceptors (Lipinski definition) is 5. The lowest BCUT2D eigenvalue weighted by molar-refractivity contribution is 0.0734. The minimum Gasteiger partial charge on any atom is -0.495 e. The largest absolute Gasteiger partial charge is 0.495 e. The summed E-state index contributed by atoms with van der Waals surface area (Å²) < 4.78 is 39.2. The van der Waals surface area contributed by atoms with Crippen LogP contribution in [0.3, 0.4) is 0 Å². The Balaban J connectivity index is 1.73. The molecular weight excluding hydrogens is 402 g/mol. The Morgan fingerprint density at radius 3 is 2.47 bits per heavy atom. The number of ether oxygens (including phenoxy) is 2. The maximum absolute atomic E-state index is 13.6. The minimum absolute atomic E-state index is 0.0655. The van der Waals surface area contributed by atoms with Gasteiger partial charge in [-0.3, -0.25) is 4.31 Å². The number of aryl methyl sites for hydroxylation is 1. The molecule has 30 heavy (non-hydrogen) atoms. The van der Waals surface area contributed by atoms with Crippen molar-refractivity contribution in [2.45, 2.75) is 17.7 Å². The summed E-state index contributed by atoms with van der Waals surface area (Å²) in [6, 6.07) is 20.4. The van der Waals surface area contributed by atoms with E-state index in [0.29, 0.717) is 24.4 Å². The number of methoxy groups -OCH3 is 1. The van der Waals surface area contributed by atoms with Gasteiger partial charge in [-0.1, -0.05) is 36.4 Å². The van der Waals surface area contributed by atoms with Crippen molar-refractivity contribution in [3.63, 3.8) is 0 Å². The highest BCUT2D eigenvalue weighted by Gasteiger charge is 2.32. The highest BCUT2D eigenvalue weighted by atomic mass is 32.2. The van der Waals surface area contributed by atoms with E-state index in [1.807, 2.05) is 24.3 Å². The molecule has 0 aliphatic carbocycles. The van der Waals surface area contributed by atoms with Crippen molar-refractivity contribution < 1.29 is 22.7 Å². The number of fused-ring (bicyclic) bond motifs is 1. The zero-order valence-corrected chi connectivity index (χ0v) is 17.3. The first kappa shape index (κ1) is 20.0. The molecule has 0 bridgehead atoms. The molecule has 6 nitrogen and oxygen atoms in total. The first-order chi connectivity index (χ1) is 14.5. The van der Waals surface area contributed by atoms with Gasteiger partial charge in [0.1, 0.15) is 16.4 Å². The lowest BCUT2D eigenvalue weighted by Gasteiger charge is -2.30. The van der Waals surface area contributed by atoms with Crippen LogP contribution < -0.4 is 13.8 Å². The van der Waals surface area contributed by atoms with E-state index in [1.54, 1.807) is 30.3 Å². The predicted octanol–water partition coefficient (Wildman–Crippen LogP) is 4.06. The fourth-order valence-corrected chi connectivity index (χ4v) is 5.25. The number of nitrogens with zero attached hydrogens (tertiary/aromatic N) is 1. The summed E-state index contributed by atoms with van der Waals surface area (Å²) in [7, 11) is -2.54. The van der Waals surface area contributed by atoms with E-state index in [-0.39, 0.29) is 16.2 Å². The van der Waals surface area contributed by atoms with Gasteiger partial charge in [0.15, 0.2) is 0 Å². The third-order valence-electron chi connectivity index (χ3n) is 4.99. The second kappa shape index (κ2) is 8.20. The monoisotopic (exact) mass is 423 g/mol. The number of esters is 1. The molecule has 1 aliphatic heterocycles. The Morgan fingerprint density at radius 1 is 0.967 bits per heavy atom. The summed E-state index contributed by atoms with van der Waals surface area (Å²) in [5.74, 6) is -0.0821. The molecule has 0 saturated heterocycles. The normalized spacial score (nSPS) is 13.4. The average Bonchev–Trinajstić information content (AvgIpc) is 2.78. The van der Waals surface area contributed by atoms with Gasteiger partial charge in [-0.25, -0.2) is 13.2 Å². The smallest absolute Gasteiger partial charge is 0.343 e. The number of hydrogen-bond donors (Lipinski definition) is 0. The molecule has 3 aromatic carbocycles. The summed E-state index contributed by atoms with van der Waals surface area (Å²) >= 11 is 0. The maximum Gasteiger partial charge on any atom is 0.343 e. The molecule has 1 aliphatic rings. The van der Waals surface area contributed by atoms with Crippen LogP contribution in [0.5, 0.6) is 11.5 Å². The Morgan fingerprint density at radius 2 is 1.70 bits per heavy atom. The van der Waals surface area contributed by atoms with Crippen LogP contribution in [0.25, 0.3) is 0 Å². The van der Waals surface area contributed by atoms with E-state index in [9.17, 15) is 13.2 Å². The van der Waals surface area contributed by atoms with Crippen LogP contribution in [0.1, 0.15) is 22.3 Å². The predicted molar refractivity (Wildman–Crippen MR) is 114 cm³/mol. The van der Waals surface area contributed by atoms with Crippen molar-refractivity contribution in [3.05, 3.63) is 83.9 Å². The zero-order chi connectivity index (χ0) is 21.1. The fourth-order valence-electron chi connectivity index (χ4n) is 3.53. The standard InChI is InChI=1S/C23H21NO5S/c1-28-21-14-13-18(23(25)29-19-10-3-2-4-11-19)16-22(21)30(26,27)24-15-7-9-17-8-5-6-12-20(17)24/h2-6,8,10-14,16H,7,9,15H2,1H3. The summed E-state index contributed by atoms with van der Waals surface area (Å²) in [4.78, 5) is 12.5. The van der Waals surface area contributed by atoms with Crippen molar-refractivity contribution in [2.24, 2.45) is 0 Å². The first-order valence-electron chi connectivity index (χ1n) is 9.56. The van der Waals surface area contributed by atoms with Crippen molar-refractivity contribution in [3.8, 4) is 11.5 Å². The Bertz CT molecular complexity index is 1180. The molecule has 0 aromatic heterocycles. The van der Waals surface area contributed by atoms with Crippen LogP contribution in [0.15, 0.2) is 77.7 Å². The number of para-hydroxylation sites is 2. The molecule has 7 heteroatoms. The molecule has 0 radical (unpaired) electrons. The molecular formula is C23H21NO5S. The molecule has 0 N–H and O–H groups in total. The topological polar surface area (TPSA) is 72.9 Å². The summed E-state index contributed by atoms with van der Waals surface area (Å²) in [5, 5.41) is 0. The molecule has 4 rings (SSSR count). The Hall–Kier alpha value is -3.32. The zero-order valence-electron chi connectivity index (χ0n) is 16.4. The van der Waals surface area contributed by atoms with Gasteiger partial charge < -0.3 is 9.47 Å². The molecule has 0 atom stereocenters. The van der Waals surface area contributed by atoms with Crippen LogP contribution in [-0.4, -0.2) is 28.0 Å². The third kappa shape index (κ3) is 3.76. The molecule has 0 unspecified atom stereocenters. The third-order valence-corrected chi connectivity index (χ3v) is 6.82. The molecule has 0 fully saturated rings. The second-order valence-corrected chi connectivity index (χ2v) is 8.71. The molecule has 0 amide bonds. The molecule has 154 valence electrons. The van der Waals surface area contributed by atoms with Crippen LogP contribution in [0.2, 0.25) is 0 Å². The highest BCUT2D eigenvalue weighted by molar-refractivity contribution is 7.93. The van der Waals surface area contributed by atoms with Gasteiger partial charge in [0.2, 0.25) is 0 Å². The lowest BCUT2D eigenvalue weighted by atomic mass is 10.0. The number of anilines is 1. The minimum atomic E-state index is -3.95. The van der Waals surface area contributed by atoms with Crippen LogP contribution in [0.4, 0.5) is 5.69 Å². The number of sulfonamides is 1. The SMILES string of the molecule is COc1ccc(C(=O)Oc2ccccc2)cc1S(=O)(=O)N1CCCc2ccccc21. The fraction of sp³-hybridized carbons (Fsp3) is 0.174. The summed E-state index contributed by atoms with van der Waals surface area (Å²) in [6.45, 7) is 0.362. The number of carbonyl (C=O) groups is 1. The van der Waals surface area contributed by atoms with E-state index < -0.39 is 16.0 Å². The van der Waals surface area contributed by atoms with Gasteiger partial charge in [-0.05, 0) is 54.8 Å². The van der Waals surface area contributed by atoms with Gasteiger partial charge in [0, 0.05) is 6.54 Å². The lowest BCUT2D eigenvalue weighted by Crippen LogP contribution is -2.35. The first-order valence-corrected chi connectivity index (χ1v) is 11.0. The van der Waals surface area contributed by atoms with Crippen molar-refractivity contribution in [1.82, 2.24) is 0 Å². The van der Waals surface area contributed by atoms with Gasteiger partial charge in [0.05, 0.1) is 18.4 Å². The number of carbonyl (C=O) groups excluding carboxylic acids is 1. The van der Waals surface area contributed by atoms with Crippen LogP contribution >= 0.6 is 0 Å². The Kier molecular flexibility index (Phi) is 5.46. The van der Waals surface area contributed by atoms with Crippen molar-refractivity contribution in [1.29, 1.82) is 0 Å².